The highest BCUT2D eigenvalue weighted by atomic mass is 32.1. The van der Waals surface area contributed by atoms with Crippen LogP contribution in [0, 0.1) is 0 Å². The molecule has 10 aromatic rings. The van der Waals surface area contributed by atoms with Crippen LogP contribution in [-0.4, -0.2) is 15.0 Å². The molecular weight excluding hydrogens is 591 g/mol. The maximum atomic E-state index is 5.32. The largest absolute Gasteiger partial charge is 0.208 e. The first-order valence-corrected chi connectivity index (χ1v) is 16.6. The third-order valence-corrected chi connectivity index (χ3v) is 10.4. The van der Waals surface area contributed by atoms with Gasteiger partial charge in [-0.25, -0.2) is 15.0 Å². The lowest BCUT2D eigenvalue weighted by Crippen LogP contribution is -2.01. The van der Waals surface area contributed by atoms with Gasteiger partial charge in [-0.1, -0.05) is 127 Å². The van der Waals surface area contributed by atoms with Gasteiger partial charge in [0.15, 0.2) is 17.5 Å². The van der Waals surface area contributed by atoms with E-state index in [1.54, 1.807) is 0 Å². The van der Waals surface area contributed by atoms with E-state index in [9.17, 15) is 0 Å². The van der Waals surface area contributed by atoms with E-state index in [2.05, 4.69) is 152 Å². The molecule has 0 spiro atoms. The molecule has 0 atom stereocenters. The minimum absolute atomic E-state index is 0.667. The molecule has 0 aliphatic heterocycles. The molecule has 0 fully saturated rings. The van der Waals surface area contributed by atoms with Crippen molar-refractivity contribution in [2.24, 2.45) is 0 Å². The highest BCUT2D eigenvalue weighted by molar-refractivity contribution is 7.25. The fourth-order valence-corrected chi connectivity index (χ4v) is 8.31. The van der Waals surface area contributed by atoms with Crippen molar-refractivity contribution in [2.75, 3.05) is 0 Å². The average Bonchev–Trinajstić information content (AvgIpc) is 3.53. The number of hydrogen-bond acceptors (Lipinski definition) is 4. The number of thiophene rings is 1. The quantitative estimate of drug-likeness (QED) is 0.186. The van der Waals surface area contributed by atoms with Gasteiger partial charge in [0.05, 0.1) is 0 Å². The molecule has 10 rings (SSSR count). The maximum absolute atomic E-state index is 5.32. The lowest BCUT2D eigenvalue weighted by atomic mass is 9.96. The van der Waals surface area contributed by atoms with E-state index in [1.807, 2.05) is 11.3 Å². The van der Waals surface area contributed by atoms with Gasteiger partial charge in [-0.3, -0.25) is 0 Å². The Balaban J connectivity index is 1.34. The van der Waals surface area contributed by atoms with Crippen LogP contribution in [0.1, 0.15) is 0 Å². The Morgan fingerprint density at radius 1 is 0.319 bits per heavy atom. The molecule has 0 saturated carbocycles. The van der Waals surface area contributed by atoms with Crippen molar-refractivity contribution < 1.29 is 0 Å². The zero-order valence-corrected chi connectivity index (χ0v) is 26.0. The van der Waals surface area contributed by atoms with Crippen molar-refractivity contribution >= 4 is 74.6 Å². The molecule has 0 saturated heterocycles. The van der Waals surface area contributed by atoms with E-state index in [1.165, 1.54) is 41.7 Å². The van der Waals surface area contributed by atoms with Crippen molar-refractivity contribution in [3.05, 3.63) is 152 Å². The number of rotatable bonds is 3. The fourth-order valence-electron chi connectivity index (χ4n) is 7.18. The van der Waals surface area contributed by atoms with Crippen LogP contribution in [0.4, 0.5) is 0 Å². The van der Waals surface area contributed by atoms with Crippen molar-refractivity contribution in [2.45, 2.75) is 0 Å². The van der Waals surface area contributed by atoms with Gasteiger partial charge in [0.1, 0.15) is 0 Å². The zero-order valence-electron chi connectivity index (χ0n) is 25.2. The summed E-state index contributed by atoms with van der Waals surface area (Å²) in [7, 11) is 0. The maximum Gasteiger partial charge on any atom is 0.164 e. The normalized spacial score (nSPS) is 11.8. The summed E-state index contributed by atoms with van der Waals surface area (Å²) < 4.78 is 2.48. The third kappa shape index (κ3) is 4.09. The summed E-state index contributed by atoms with van der Waals surface area (Å²) in [6.45, 7) is 0. The van der Waals surface area contributed by atoms with Gasteiger partial charge in [-0.15, -0.1) is 11.3 Å². The van der Waals surface area contributed by atoms with Gasteiger partial charge in [-0.05, 0) is 67.4 Å². The van der Waals surface area contributed by atoms with Crippen LogP contribution < -0.4 is 0 Å². The summed E-state index contributed by atoms with van der Waals surface area (Å²) in [4.78, 5) is 16.0. The Morgan fingerprint density at radius 2 is 0.745 bits per heavy atom. The minimum Gasteiger partial charge on any atom is -0.208 e. The van der Waals surface area contributed by atoms with Crippen LogP contribution in [0.25, 0.3) is 97.4 Å². The standard InChI is InChI=1S/C43H25N3S/c1-3-14-28-26(12-1)24-36(32-18-7-5-16-30(28)32)42-44-41(35-21-11-23-39-40(35)34-20-9-10-22-38(34)47-39)45-43(46-42)37-25-27-13-2-4-15-29(27)31-17-6-8-19-33(31)37/h1-25H. The van der Waals surface area contributed by atoms with Gasteiger partial charge in [-0.2, -0.15) is 0 Å². The molecule has 3 nitrogen and oxygen atoms in total. The summed E-state index contributed by atoms with van der Waals surface area (Å²) >= 11 is 1.81. The molecule has 8 aromatic carbocycles. The van der Waals surface area contributed by atoms with Crippen LogP contribution in [0.5, 0.6) is 0 Å². The van der Waals surface area contributed by atoms with Crippen LogP contribution in [0.3, 0.4) is 0 Å². The molecule has 218 valence electrons. The molecule has 4 heteroatoms. The van der Waals surface area contributed by atoms with Crippen molar-refractivity contribution in [1.82, 2.24) is 15.0 Å². The number of nitrogens with zero attached hydrogens (tertiary/aromatic N) is 3. The Hall–Kier alpha value is -5.97. The second-order valence-corrected chi connectivity index (χ2v) is 13.0. The van der Waals surface area contributed by atoms with Crippen LogP contribution in [0.15, 0.2) is 152 Å². The van der Waals surface area contributed by atoms with E-state index in [0.717, 1.165) is 38.2 Å². The Kier molecular flexibility index (Phi) is 5.74. The van der Waals surface area contributed by atoms with E-state index >= 15 is 0 Å². The summed E-state index contributed by atoms with van der Waals surface area (Å²) in [5.74, 6) is 2.01. The second-order valence-electron chi connectivity index (χ2n) is 12.0. The van der Waals surface area contributed by atoms with Gasteiger partial charge in [0.2, 0.25) is 0 Å². The Bertz CT molecular complexity index is 2730. The van der Waals surface area contributed by atoms with Gasteiger partial charge < -0.3 is 0 Å². The molecule has 0 bridgehead atoms. The molecular formula is C43H25N3S. The van der Waals surface area contributed by atoms with Crippen molar-refractivity contribution in [3.8, 4) is 34.2 Å². The summed E-state index contributed by atoms with van der Waals surface area (Å²) in [6.07, 6.45) is 0. The number of fused-ring (bicyclic) bond motifs is 9. The highest BCUT2D eigenvalue weighted by Gasteiger charge is 2.20. The third-order valence-electron chi connectivity index (χ3n) is 9.30. The Labute approximate surface area is 274 Å². The van der Waals surface area contributed by atoms with Gasteiger partial charge in [0, 0.05) is 36.9 Å². The predicted molar refractivity (Wildman–Crippen MR) is 199 cm³/mol. The van der Waals surface area contributed by atoms with Crippen LogP contribution in [0.2, 0.25) is 0 Å². The molecule has 0 N–H and O–H groups in total. The number of benzene rings is 8. The average molecular weight is 616 g/mol. The smallest absolute Gasteiger partial charge is 0.164 e. The minimum atomic E-state index is 0.667. The number of aromatic nitrogens is 3. The van der Waals surface area contributed by atoms with Crippen LogP contribution >= 0.6 is 11.3 Å². The SMILES string of the molecule is c1ccc2c(c1)cc(-c1nc(-c3cc4ccccc4c4ccccc34)nc(-c3cccc4sc5ccccc5c34)n1)c1ccccc12. The van der Waals surface area contributed by atoms with Gasteiger partial charge >= 0.3 is 0 Å². The first-order chi connectivity index (χ1) is 23.3. The predicted octanol–water partition coefficient (Wildman–Crippen LogP) is 11.9. The molecule has 2 aromatic heterocycles. The Morgan fingerprint density at radius 3 is 1.32 bits per heavy atom. The van der Waals surface area contributed by atoms with Crippen LogP contribution in [-0.2, 0) is 0 Å². The zero-order chi connectivity index (χ0) is 30.9. The van der Waals surface area contributed by atoms with E-state index < -0.39 is 0 Å². The lowest BCUT2D eigenvalue weighted by Gasteiger charge is -2.14. The van der Waals surface area contributed by atoms with Gasteiger partial charge in [0.25, 0.3) is 0 Å². The fraction of sp³-hybridized carbons (Fsp3) is 0. The van der Waals surface area contributed by atoms with E-state index in [4.69, 9.17) is 15.0 Å². The monoisotopic (exact) mass is 615 g/mol. The first-order valence-electron chi connectivity index (χ1n) is 15.8. The molecule has 0 unspecified atom stereocenters. The molecule has 0 aliphatic carbocycles. The molecule has 0 radical (unpaired) electrons. The number of hydrogen-bond donors (Lipinski definition) is 0. The molecule has 0 aliphatic rings. The van der Waals surface area contributed by atoms with Crippen molar-refractivity contribution in [1.29, 1.82) is 0 Å². The molecule has 0 amide bonds. The highest BCUT2D eigenvalue weighted by Crippen LogP contribution is 2.41. The molecule has 2 heterocycles. The summed E-state index contributed by atoms with van der Waals surface area (Å²) in [6, 6.07) is 53.8. The van der Waals surface area contributed by atoms with E-state index in [0.29, 0.717) is 17.5 Å². The lowest BCUT2D eigenvalue weighted by molar-refractivity contribution is 1.08. The topological polar surface area (TPSA) is 38.7 Å². The summed E-state index contributed by atoms with van der Waals surface area (Å²) in [5, 5.41) is 11.8. The van der Waals surface area contributed by atoms with Crippen molar-refractivity contribution in [3.63, 3.8) is 0 Å². The van der Waals surface area contributed by atoms with E-state index in [-0.39, 0.29) is 0 Å². The second kappa shape index (κ2) is 10.3. The summed E-state index contributed by atoms with van der Waals surface area (Å²) in [5.41, 5.74) is 3.01. The first kappa shape index (κ1) is 26.3. The molecule has 47 heavy (non-hydrogen) atoms.